The first-order valence-corrected chi connectivity index (χ1v) is 12.2. The second kappa shape index (κ2) is 9.87. The van der Waals surface area contributed by atoms with Crippen LogP contribution in [0, 0.1) is 18.7 Å². The van der Waals surface area contributed by atoms with E-state index in [0.29, 0.717) is 18.1 Å². The van der Waals surface area contributed by atoms with E-state index in [-0.39, 0.29) is 29.7 Å². The number of hydrogen-bond acceptors (Lipinski definition) is 4. The lowest BCUT2D eigenvalue weighted by Crippen LogP contribution is -2.54. The van der Waals surface area contributed by atoms with Crippen LogP contribution in [-0.2, 0) is 16.1 Å². The number of anilines is 1. The van der Waals surface area contributed by atoms with Crippen LogP contribution in [0.5, 0.6) is 0 Å². The number of carbonyl (C=O) groups is 2. The summed E-state index contributed by atoms with van der Waals surface area (Å²) in [5.74, 6) is 0.138. The largest absolute Gasteiger partial charge is 0.337 e. The van der Waals surface area contributed by atoms with Crippen molar-refractivity contribution < 1.29 is 14.0 Å². The van der Waals surface area contributed by atoms with Gasteiger partial charge in [-0.1, -0.05) is 12.8 Å². The van der Waals surface area contributed by atoms with Crippen LogP contribution in [0.3, 0.4) is 0 Å². The highest BCUT2D eigenvalue weighted by molar-refractivity contribution is 5.95. The van der Waals surface area contributed by atoms with Gasteiger partial charge in [0.15, 0.2) is 0 Å². The molecule has 1 aromatic rings. The Morgan fingerprint density at radius 2 is 1.84 bits per heavy atom. The Kier molecular flexibility index (Phi) is 7.15. The van der Waals surface area contributed by atoms with E-state index in [1.54, 1.807) is 6.07 Å². The zero-order chi connectivity index (χ0) is 22.8. The lowest BCUT2D eigenvalue weighted by atomic mass is 10.0. The molecular formula is C25H37FN4O2. The highest BCUT2D eigenvalue weighted by Gasteiger charge is 2.33. The van der Waals surface area contributed by atoms with Crippen molar-refractivity contribution in [3.8, 4) is 0 Å². The molecule has 2 aliphatic heterocycles. The number of nitrogens with zero attached hydrogens (tertiary/aromatic N) is 3. The summed E-state index contributed by atoms with van der Waals surface area (Å²) in [6.45, 7) is 7.89. The number of amides is 2. The molecule has 176 valence electrons. The van der Waals surface area contributed by atoms with E-state index in [0.717, 1.165) is 63.0 Å². The molecule has 1 aliphatic carbocycles. The zero-order valence-electron chi connectivity index (χ0n) is 19.7. The van der Waals surface area contributed by atoms with Gasteiger partial charge in [0.1, 0.15) is 5.82 Å². The number of hydrogen-bond donors (Lipinski definition) is 1. The third-order valence-corrected chi connectivity index (χ3v) is 7.65. The SMILES string of the molecule is Cc1c(CN2CCN(C(=O)C3CCCC3)C(C)C2)cc(F)cc1NC(=O)C1CCCN1C. The zero-order valence-corrected chi connectivity index (χ0v) is 19.7. The summed E-state index contributed by atoms with van der Waals surface area (Å²) in [5, 5.41) is 2.97. The molecular weight excluding hydrogens is 407 g/mol. The van der Waals surface area contributed by atoms with Crippen LogP contribution in [0.25, 0.3) is 0 Å². The molecule has 6 nitrogen and oxygen atoms in total. The molecule has 1 aromatic carbocycles. The monoisotopic (exact) mass is 444 g/mol. The smallest absolute Gasteiger partial charge is 0.241 e. The van der Waals surface area contributed by atoms with Crippen LogP contribution in [0.1, 0.15) is 56.6 Å². The number of halogens is 1. The molecule has 4 rings (SSSR count). The first kappa shape index (κ1) is 23.2. The van der Waals surface area contributed by atoms with Crippen molar-refractivity contribution in [2.45, 2.75) is 71.0 Å². The average Bonchev–Trinajstić information content (AvgIpc) is 3.43. The fourth-order valence-electron chi connectivity index (χ4n) is 5.64. The lowest BCUT2D eigenvalue weighted by Gasteiger charge is -2.41. The van der Waals surface area contributed by atoms with Gasteiger partial charge in [0, 0.05) is 43.8 Å². The quantitative estimate of drug-likeness (QED) is 0.757. The molecule has 1 saturated carbocycles. The van der Waals surface area contributed by atoms with Gasteiger partial charge < -0.3 is 10.2 Å². The van der Waals surface area contributed by atoms with E-state index in [2.05, 4.69) is 26.9 Å². The average molecular weight is 445 g/mol. The Labute approximate surface area is 191 Å². The lowest BCUT2D eigenvalue weighted by molar-refractivity contribution is -0.140. The summed E-state index contributed by atoms with van der Waals surface area (Å²) in [5.41, 5.74) is 2.37. The molecule has 3 aliphatic rings. The molecule has 2 saturated heterocycles. The number of likely N-dealkylation sites (tertiary alicyclic amines) is 1. The van der Waals surface area contributed by atoms with Crippen molar-refractivity contribution in [2.24, 2.45) is 5.92 Å². The molecule has 2 heterocycles. The number of nitrogens with one attached hydrogen (secondary N) is 1. The minimum atomic E-state index is -0.330. The van der Waals surface area contributed by atoms with Crippen molar-refractivity contribution in [1.29, 1.82) is 0 Å². The number of benzene rings is 1. The van der Waals surface area contributed by atoms with E-state index in [1.165, 1.54) is 18.9 Å². The summed E-state index contributed by atoms with van der Waals surface area (Å²) >= 11 is 0. The molecule has 0 radical (unpaired) electrons. The first-order valence-electron chi connectivity index (χ1n) is 12.2. The highest BCUT2D eigenvalue weighted by atomic mass is 19.1. The molecule has 7 heteroatoms. The molecule has 1 N–H and O–H groups in total. The van der Waals surface area contributed by atoms with Crippen LogP contribution in [0.4, 0.5) is 10.1 Å². The second-order valence-electron chi connectivity index (χ2n) is 9.96. The molecule has 0 spiro atoms. The summed E-state index contributed by atoms with van der Waals surface area (Å²) in [4.78, 5) is 32.0. The minimum Gasteiger partial charge on any atom is -0.337 e. The van der Waals surface area contributed by atoms with E-state index in [4.69, 9.17) is 0 Å². The van der Waals surface area contributed by atoms with E-state index in [1.807, 2.05) is 14.0 Å². The molecule has 0 bridgehead atoms. The third kappa shape index (κ3) is 4.99. The van der Waals surface area contributed by atoms with Gasteiger partial charge in [-0.3, -0.25) is 19.4 Å². The van der Waals surface area contributed by atoms with Crippen molar-refractivity contribution in [1.82, 2.24) is 14.7 Å². The fraction of sp³-hybridized carbons (Fsp3) is 0.680. The predicted molar refractivity (Wildman–Crippen MR) is 124 cm³/mol. The van der Waals surface area contributed by atoms with Crippen molar-refractivity contribution in [2.75, 3.05) is 38.5 Å². The summed E-state index contributed by atoms with van der Waals surface area (Å²) in [7, 11) is 1.96. The number of carbonyl (C=O) groups excluding carboxylic acids is 2. The summed E-state index contributed by atoms with van der Waals surface area (Å²) < 4.78 is 14.5. The molecule has 2 unspecified atom stereocenters. The molecule has 2 atom stereocenters. The Balaban J connectivity index is 1.40. The minimum absolute atomic E-state index is 0.0580. The van der Waals surface area contributed by atoms with Crippen LogP contribution in [-0.4, -0.2) is 71.8 Å². The van der Waals surface area contributed by atoms with Gasteiger partial charge in [0.25, 0.3) is 0 Å². The van der Waals surface area contributed by atoms with Gasteiger partial charge >= 0.3 is 0 Å². The Bertz CT molecular complexity index is 855. The molecule has 0 aromatic heterocycles. The van der Waals surface area contributed by atoms with Crippen LogP contribution in [0.2, 0.25) is 0 Å². The number of likely N-dealkylation sites (N-methyl/N-ethyl adjacent to an activating group) is 1. The number of piperazine rings is 1. The fourth-order valence-corrected chi connectivity index (χ4v) is 5.64. The van der Waals surface area contributed by atoms with Gasteiger partial charge in [-0.05, 0) is 76.4 Å². The maximum atomic E-state index is 14.5. The van der Waals surface area contributed by atoms with Gasteiger partial charge in [0.05, 0.1) is 6.04 Å². The van der Waals surface area contributed by atoms with Gasteiger partial charge in [0.2, 0.25) is 11.8 Å². The normalized spacial score (nSPS) is 25.4. The van der Waals surface area contributed by atoms with Crippen molar-refractivity contribution in [3.63, 3.8) is 0 Å². The Morgan fingerprint density at radius 1 is 1.09 bits per heavy atom. The summed E-state index contributed by atoms with van der Waals surface area (Å²) in [6.07, 6.45) is 6.23. The summed E-state index contributed by atoms with van der Waals surface area (Å²) in [6, 6.07) is 3.01. The Morgan fingerprint density at radius 3 is 2.50 bits per heavy atom. The molecule has 32 heavy (non-hydrogen) atoms. The van der Waals surface area contributed by atoms with Crippen LogP contribution >= 0.6 is 0 Å². The maximum absolute atomic E-state index is 14.5. The molecule has 3 fully saturated rings. The van der Waals surface area contributed by atoms with Crippen molar-refractivity contribution >= 4 is 17.5 Å². The highest BCUT2D eigenvalue weighted by Crippen LogP contribution is 2.29. The van der Waals surface area contributed by atoms with Crippen molar-refractivity contribution in [3.05, 3.63) is 29.1 Å². The third-order valence-electron chi connectivity index (χ3n) is 7.65. The van der Waals surface area contributed by atoms with E-state index in [9.17, 15) is 14.0 Å². The van der Waals surface area contributed by atoms with E-state index < -0.39 is 0 Å². The van der Waals surface area contributed by atoms with Gasteiger partial charge in [-0.2, -0.15) is 0 Å². The Hall–Kier alpha value is -1.99. The second-order valence-corrected chi connectivity index (χ2v) is 9.96. The van der Waals surface area contributed by atoms with Gasteiger partial charge in [-0.25, -0.2) is 4.39 Å². The maximum Gasteiger partial charge on any atom is 0.241 e. The van der Waals surface area contributed by atoms with Crippen LogP contribution < -0.4 is 5.32 Å². The topological polar surface area (TPSA) is 55.9 Å². The molecule has 2 amide bonds. The standard InChI is InChI=1S/C25H37FN4O2/c1-17-15-29(11-12-30(17)25(32)19-7-4-5-8-19)16-20-13-21(26)14-22(18(20)2)27-24(31)23-9-6-10-28(23)3/h13-14,17,19,23H,4-12,15-16H2,1-3H3,(H,27,31). The predicted octanol–water partition coefficient (Wildman–Crippen LogP) is 3.39. The van der Waals surface area contributed by atoms with Crippen LogP contribution in [0.15, 0.2) is 12.1 Å². The van der Waals surface area contributed by atoms with Gasteiger partial charge in [-0.15, -0.1) is 0 Å². The number of rotatable bonds is 5. The first-order chi connectivity index (χ1) is 15.3. The van der Waals surface area contributed by atoms with E-state index >= 15 is 0 Å².